The van der Waals surface area contributed by atoms with Crippen molar-refractivity contribution in [1.29, 1.82) is 0 Å². The van der Waals surface area contributed by atoms with E-state index in [-0.39, 0.29) is 24.1 Å². The zero-order valence-corrected chi connectivity index (χ0v) is 13.7. The van der Waals surface area contributed by atoms with Crippen molar-refractivity contribution in [3.05, 3.63) is 21.0 Å². The number of halogens is 1. The molecule has 0 aromatic carbocycles. The van der Waals surface area contributed by atoms with Crippen molar-refractivity contribution in [2.75, 3.05) is 32.2 Å². The molecule has 1 rings (SSSR count). The van der Waals surface area contributed by atoms with Crippen molar-refractivity contribution in [3.63, 3.8) is 0 Å². The molecule has 0 unspecified atom stereocenters. The number of methoxy groups -OCH3 is 1. The quantitative estimate of drug-likeness (QED) is 0.744. The van der Waals surface area contributed by atoms with Gasteiger partial charge in [-0.25, -0.2) is 4.68 Å². The standard InChI is InChI=1S/C13H22BrN3O3/c1-13(2,4-7-20-3)9-15-10-8-16-17(5-6-18)12(19)11(10)14/h8,15,18H,4-7,9H2,1-3H3. The Morgan fingerprint density at radius 3 is 2.85 bits per heavy atom. The van der Waals surface area contributed by atoms with Gasteiger partial charge in [-0.1, -0.05) is 13.8 Å². The van der Waals surface area contributed by atoms with Gasteiger partial charge in [-0.05, 0) is 27.8 Å². The van der Waals surface area contributed by atoms with Crippen molar-refractivity contribution >= 4 is 21.6 Å². The van der Waals surface area contributed by atoms with E-state index >= 15 is 0 Å². The van der Waals surface area contributed by atoms with Gasteiger partial charge in [0.25, 0.3) is 5.56 Å². The number of ether oxygens (including phenoxy) is 1. The number of hydrogen-bond donors (Lipinski definition) is 2. The second kappa shape index (κ2) is 7.75. The summed E-state index contributed by atoms with van der Waals surface area (Å²) in [4.78, 5) is 12.0. The molecule has 0 aliphatic rings. The van der Waals surface area contributed by atoms with E-state index in [0.29, 0.717) is 23.3 Å². The van der Waals surface area contributed by atoms with Crippen LogP contribution in [0.15, 0.2) is 15.5 Å². The molecule has 0 amide bonds. The summed E-state index contributed by atoms with van der Waals surface area (Å²) in [6.07, 6.45) is 2.51. The van der Waals surface area contributed by atoms with Gasteiger partial charge in [0.15, 0.2) is 0 Å². The Bertz CT molecular complexity index is 488. The van der Waals surface area contributed by atoms with Gasteiger partial charge < -0.3 is 15.2 Å². The van der Waals surface area contributed by atoms with E-state index in [1.54, 1.807) is 13.3 Å². The lowest BCUT2D eigenvalue weighted by Gasteiger charge is -2.25. The molecule has 20 heavy (non-hydrogen) atoms. The highest BCUT2D eigenvalue weighted by atomic mass is 79.9. The molecule has 0 fully saturated rings. The highest BCUT2D eigenvalue weighted by Gasteiger charge is 2.18. The summed E-state index contributed by atoms with van der Waals surface area (Å²) in [5.74, 6) is 0. The lowest BCUT2D eigenvalue weighted by molar-refractivity contribution is 0.157. The average molecular weight is 348 g/mol. The fourth-order valence-electron chi connectivity index (χ4n) is 1.64. The number of nitrogens with one attached hydrogen (secondary N) is 1. The molecule has 114 valence electrons. The van der Waals surface area contributed by atoms with E-state index in [1.807, 2.05) is 0 Å². The minimum Gasteiger partial charge on any atom is -0.394 e. The van der Waals surface area contributed by atoms with Crippen LogP contribution in [0.25, 0.3) is 0 Å². The average Bonchev–Trinajstić information content (AvgIpc) is 2.41. The molecule has 1 aromatic rings. The molecule has 0 aliphatic heterocycles. The first-order valence-corrected chi connectivity index (χ1v) is 7.30. The zero-order valence-electron chi connectivity index (χ0n) is 12.1. The first-order chi connectivity index (χ1) is 9.41. The largest absolute Gasteiger partial charge is 0.394 e. The van der Waals surface area contributed by atoms with Crippen LogP contribution in [0.2, 0.25) is 0 Å². The predicted molar refractivity (Wildman–Crippen MR) is 82.0 cm³/mol. The molecule has 0 bridgehead atoms. The lowest BCUT2D eigenvalue weighted by atomic mass is 9.89. The van der Waals surface area contributed by atoms with E-state index in [0.717, 1.165) is 6.42 Å². The highest BCUT2D eigenvalue weighted by Crippen LogP contribution is 2.23. The van der Waals surface area contributed by atoms with Crippen LogP contribution < -0.4 is 10.9 Å². The van der Waals surface area contributed by atoms with E-state index in [4.69, 9.17) is 9.84 Å². The molecule has 0 saturated carbocycles. The summed E-state index contributed by atoms with van der Waals surface area (Å²) in [5, 5.41) is 16.1. The molecule has 0 saturated heterocycles. The summed E-state index contributed by atoms with van der Waals surface area (Å²) < 4.78 is 6.75. The highest BCUT2D eigenvalue weighted by molar-refractivity contribution is 9.10. The topological polar surface area (TPSA) is 76.4 Å². The van der Waals surface area contributed by atoms with Gasteiger partial charge in [0.2, 0.25) is 0 Å². The monoisotopic (exact) mass is 347 g/mol. The fraction of sp³-hybridized carbons (Fsp3) is 0.692. The number of aliphatic hydroxyl groups is 1. The molecule has 0 spiro atoms. The molecular weight excluding hydrogens is 326 g/mol. The van der Waals surface area contributed by atoms with Gasteiger partial charge in [0.1, 0.15) is 4.47 Å². The van der Waals surface area contributed by atoms with Gasteiger partial charge in [-0.2, -0.15) is 5.10 Å². The van der Waals surface area contributed by atoms with Gasteiger partial charge in [0.05, 0.1) is 25.0 Å². The lowest BCUT2D eigenvalue weighted by Crippen LogP contribution is -2.28. The Morgan fingerprint density at radius 1 is 1.55 bits per heavy atom. The Hall–Kier alpha value is -0.920. The van der Waals surface area contributed by atoms with Crippen LogP contribution in [0.3, 0.4) is 0 Å². The van der Waals surface area contributed by atoms with E-state index in [9.17, 15) is 4.79 Å². The SMILES string of the molecule is COCCC(C)(C)CNc1cnn(CCO)c(=O)c1Br. The number of aliphatic hydroxyl groups excluding tert-OH is 1. The van der Waals surface area contributed by atoms with Crippen LogP contribution in [0, 0.1) is 5.41 Å². The van der Waals surface area contributed by atoms with Crippen LogP contribution in [-0.4, -0.2) is 41.8 Å². The second-order valence-electron chi connectivity index (χ2n) is 5.38. The molecule has 1 aromatic heterocycles. The molecule has 0 radical (unpaired) electrons. The predicted octanol–water partition coefficient (Wildman–Crippen LogP) is 1.47. The zero-order chi connectivity index (χ0) is 15.2. The summed E-state index contributed by atoms with van der Waals surface area (Å²) in [6.45, 7) is 5.75. The maximum atomic E-state index is 12.0. The Balaban J connectivity index is 2.74. The Labute approximate surface area is 127 Å². The van der Waals surface area contributed by atoms with E-state index < -0.39 is 0 Å². The number of nitrogens with zero attached hydrogens (tertiary/aromatic N) is 2. The van der Waals surface area contributed by atoms with Gasteiger partial charge in [-0.3, -0.25) is 4.79 Å². The Kier molecular flexibility index (Phi) is 6.64. The van der Waals surface area contributed by atoms with Crippen LogP contribution in [0.5, 0.6) is 0 Å². The molecular formula is C13H22BrN3O3. The maximum absolute atomic E-state index is 12.0. The van der Waals surface area contributed by atoms with Crippen molar-refractivity contribution in [3.8, 4) is 0 Å². The molecule has 7 heteroatoms. The van der Waals surface area contributed by atoms with Gasteiger partial charge >= 0.3 is 0 Å². The normalized spacial score (nSPS) is 11.7. The molecule has 1 heterocycles. The maximum Gasteiger partial charge on any atom is 0.283 e. The van der Waals surface area contributed by atoms with Gasteiger partial charge in [0, 0.05) is 20.3 Å². The molecule has 0 atom stereocenters. The molecule has 0 aliphatic carbocycles. The Morgan fingerprint density at radius 2 is 2.25 bits per heavy atom. The number of hydrogen-bond acceptors (Lipinski definition) is 5. The third-order valence-electron chi connectivity index (χ3n) is 3.04. The van der Waals surface area contributed by atoms with Crippen molar-refractivity contribution in [2.24, 2.45) is 5.41 Å². The summed E-state index contributed by atoms with van der Waals surface area (Å²) in [5.41, 5.74) is 0.462. The summed E-state index contributed by atoms with van der Waals surface area (Å²) in [7, 11) is 1.69. The van der Waals surface area contributed by atoms with Crippen LogP contribution in [0.1, 0.15) is 20.3 Å². The van der Waals surface area contributed by atoms with Crippen molar-refractivity contribution in [2.45, 2.75) is 26.8 Å². The molecule has 2 N–H and O–H groups in total. The minimum atomic E-state index is -0.251. The first kappa shape index (κ1) is 17.1. The van der Waals surface area contributed by atoms with Crippen LogP contribution in [-0.2, 0) is 11.3 Å². The smallest absolute Gasteiger partial charge is 0.283 e. The summed E-state index contributed by atoms with van der Waals surface area (Å²) >= 11 is 3.28. The minimum absolute atomic E-state index is 0.0510. The second-order valence-corrected chi connectivity index (χ2v) is 6.18. The third-order valence-corrected chi connectivity index (χ3v) is 3.80. The first-order valence-electron chi connectivity index (χ1n) is 6.50. The number of aromatic nitrogens is 2. The van der Waals surface area contributed by atoms with Crippen molar-refractivity contribution in [1.82, 2.24) is 9.78 Å². The molecule has 6 nitrogen and oxygen atoms in total. The van der Waals surface area contributed by atoms with E-state index in [2.05, 4.69) is 40.2 Å². The van der Waals surface area contributed by atoms with Crippen molar-refractivity contribution < 1.29 is 9.84 Å². The number of rotatable bonds is 8. The van der Waals surface area contributed by atoms with E-state index in [1.165, 1.54) is 4.68 Å². The van der Waals surface area contributed by atoms with Gasteiger partial charge in [-0.15, -0.1) is 0 Å². The fourth-order valence-corrected chi connectivity index (χ4v) is 2.09. The number of anilines is 1. The van der Waals surface area contributed by atoms with Crippen LogP contribution >= 0.6 is 15.9 Å². The summed E-state index contributed by atoms with van der Waals surface area (Å²) in [6, 6.07) is 0. The third kappa shape index (κ3) is 4.88. The van der Waals surface area contributed by atoms with Crippen LogP contribution in [0.4, 0.5) is 5.69 Å².